The molecule has 1 unspecified atom stereocenters. The van der Waals surface area contributed by atoms with Gasteiger partial charge in [0.15, 0.2) is 6.10 Å². The highest BCUT2D eigenvalue weighted by atomic mass is 16.5. The van der Waals surface area contributed by atoms with Crippen LogP contribution in [0.1, 0.15) is 51.9 Å². The molecule has 0 aromatic heterocycles. The minimum atomic E-state index is -0.560. The molecule has 1 aromatic rings. The van der Waals surface area contributed by atoms with Crippen LogP contribution in [0.2, 0.25) is 0 Å². The predicted octanol–water partition coefficient (Wildman–Crippen LogP) is 3.52. The Labute approximate surface area is 166 Å². The minimum Gasteiger partial charge on any atom is -0.479 e. The second-order valence-electron chi connectivity index (χ2n) is 9.67. The summed E-state index contributed by atoms with van der Waals surface area (Å²) < 4.78 is 5.65. The van der Waals surface area contributed by atoms with Crippen LogP contribution in [0.3, 0.4) is 0 Å². The highest BCUT2D eigenvalue weighted by Crippen LogP contribution is 2.61. The maximum absolute atomic E-state index is 12.6. The Balaban J connectivity index is 1.19. The summed E-state index contributed by atoms with van der Waals surface area (Å²) in [7, 11) is 0. The van der Waals surface area contributed by atoms with E-state index in [1.165, 1.54) is 38.5 Å². The molecule has 1 N–H and O–H groups in total. The Morgan fingerprint density at radius 1 is 1.14 bits per heavy atom. The lowest BCUT2D eigenvalue weighted by atomic mass is 9.49. The third kappa shape index (κ3) is 3.19. The summed E-state index contributed by atoms with van der Waals surface area (Å²) >= 11 is 0. The maximum atomic E-state index is 12.6. The van der Waals surface area contributed by atoms with E-state index >= 15 is 0 Å². The summed E-state index contributed by atoms with van der Waals surface area (Å²) in [6, 6.07) is 7.42. The summed E-state index contributed by atoms with van der Waals surface area (Å²) in [6.45, 7) is 2.52. The fourth-order valence-corrected chi connectivity index (χ4v) is 6.78. The van der Waals surface area contributed by atoms with Crippen LogP contribution in [-0.4, -0.2) is 31.0 Å². The summed E-state index contributed by atoms with van der Waals surface area (Å²) in [4.78, 5) is 26.7. The Morgan fingerprint density at radius 2 is 1.79 bits per heavy atom. The second kappa shape index (κ2) is 6.78. The third-order valence-electron chi connectivity index (χ3n) is 7.52. The van der Waals surface area contributed by atoms with Gasteiger partial charge in [0, 0.05) is 6.54 Å². The standard InChI is InChI=1S/C23H30N2O3/c1-15-22(27)25(19-4-2-3-5-20(19)28-15)14-21(26)24-7-6-23-11-16-8-17(12-23)10-18(9-16)13-23/h2-5,15-18H,6-14H2,1H3,(H,24,26). The van der Waals surface area contributed by atoms with Crippen LogP contribution in [0, 0.1) is 23.2 Å². The first-order valence-corrected chi connectivity index (χ1v) is 10.9. The lowest BCUT2D eigenvalue weighted by Gasteiger charge is -2.57. The quantitative estimate of drug-likeness (QED) is 0.848. The third-order valence-corrected chi connectivity index (χ3v) is 7.52. The largest absolute Gasteiger partial charge is 0.479 e. The molecule has 5 heteroatoms. The minimum absolute atomic E-state index is 0.0599. The molecule has 1 aliphatic heterocycles. The molecule has 1 aromatic carbocycles. The molecule has 1 atom stereocenters. The van der Waals surface area contributed by atoms with Crippen LogP contribution in [0.25, 0.3) is 0 Å². The fourth-order valence-electron chi connectivity index (χ4n) is 6.78. The zero-order valence-corrected chi connectivity index (χ0v) is 16.7. The van der Waals surface area contributed by atoms with Crippen molar-refractivity contribution in [2.75, 3.05) is 18.0 Å². The molecule has 0 saturated heterocycles. The smallest absolute Gasteiger partial charge is 0.268 e. The number of hydrogen-bond donors (Lipinski definition) is 1. The molecule has 5 nitrogen and oxygen atoms in total. The molecule has 0 spiro atoms. The zero-order chi connectivity index (χ0) is 19.3. The molecule has 28 heavy (non-hydrogen) atoms. The van der Waals surface area contributed by atoms with Crippen molar-refractivity contribution in [1.29, 1.82) is 0 Å². The van der Waals surface area contributed by atoms with E-state index in [4.69, 9.17) is 4.74 Å². The van der Waals surface area contributed by atoms with Crippen LogP contribution in [-0.2, 0) is 9.59 Å². The number of fused-ring (bicyclic) bond motifs is 1. The van der Waals surface area contributed by atoms with Gasteiger partial charge >= 0.3 is 0 Å². The number of benzene rings is 1. The Kier molecular flexibility index (Phi) is 4.37. The van der Waals surface area contributed by atoms with Crippen molar-refractivity contribution in [3.63, 3.8) is 0 Å². The van der Waals surface area contributed by atoms with Gasteiger partial charge in [-0.15, -0.1) is 0 Å². The van der Waals surface area contributed by atoms with Crippen LogP contribution in [0.4, 0.5) is 5.69 Å². The van der Waals surface area contributed by atoms with Gasteiger partial charge in [0.25, 0.3) is 5.91 Å². The highest BCUT2D eigenvalue weighted by Gasteiger charge is 2.50. The first kappa shape index (κ1) is 18.0. The van der Waals surface area contributed by atoms with Crippen molar-refractivity contribution in [3.05, 3.63) is 24.3 Å². The van der Waals surface area contributed by atoms with Crippen molar-refractivity contribution in [3.8, 4) is 5.75 Å². The monoisotopic (exact) mass is 382 g/mol. The number of hydrogen-bond acceptors (Lipinski definition) is 3. The molecular weight excluding hydrogens is 352 g/mol. The van der Waals surface area contributed by atoms with Crippen LogP contribution in [0.15, 0.2) is 24.3 Å². The lowest BCUT2D eigenvalue weighted by molar-refractivity contribution is -0.128. The number of anilines is 1. The van der Waals surface area contributed by atoms with Crippen molar-refractivity contribution in [2.45, 2.75) is 58.0 Å². The summed E-state index contributed by atoms with van der Waals surface area (Å²) in [5.74, 6) is 3.23. The molecule has 4 saturated carbocycles. The molecule has 4 aliphatic carbocycles. The number of ether oxygens (including phenoxy) is 1. The van der Waals surface area contributed by atoms with Crippen molar-refractivity contribution in [1.82, 2.24) is 5.32 Å². The topological polar surface area (TPSA) is 58.6 Å². The van der Waals surface area contributed by atoms with Gasteiger partial charge in [0.2, 0.25) is 5.91 Å². The van der Waals surface area contributed by atoms with Gasteiger partial charge in [-0.05, 0) is 87.2 Å². The number of nitrogens with zero attached hydrogens (tertiary/aromatic N) is 1. The average Bonchev–Trinajstić information content (AvgIpc) is 2.64. The van der Waals surface area contributed by atoms with E-state index in [0.29, 0.717) is 16.9 Å². The number of rotatable bonds is 5. The van der Waals surface area contributed by atoms with Crippen LogP contribution >= 0.6 is 0 Å². The summed E-state index contributed by atoms with van der Waals surface area (Å²) in [5.41, 5.74) is 1.15. The summed E-state index contributed by atoms with van der Waals surface area (Å²) in [5, 5.41) is 3.10. The van der Waals surface area contributed by atoms with Gasteiger partial charge in [-0.25, -0.2) is 0 Å². The van der Waals surface area contributed by atoms with Gasteiger partial charge < -0.3 is 10.1 Å². The molecule has 1 heterocycles. The van der Waals surface area contributed by atoms with Crippen LogP contribution < -0.4 is 15.0 Å². The molecule has 5 aliphatic rings. The Hall–Kier alpha value is -2.04. The lowest BCUT2D eigenvalue weighted by Crippen LogP contribution is -2.50. The zero-order valence-electron chi connectivity index (χ0n) is 16.7. The SMILES string of the molecule is CC1Oc2ccccc2N(CC(=O)NCCC23CC4CC(CC(C4)C2)C3)C1=O. The molecule has 4 fully saturated rings. The van der Waals surface area contributed by atoms with Crippen molar-refractivity contribution < 1.29 is 14.3 Å². The number of para-hydroxylation sites is 2. The van der Waals surface area contributed by atoms with Crippen molar-refractivity contribution >= 4 is 17.5 Å². The number of amides is 2. The van der Waals surface area contributed by atoms with Crippen molar-refractivity contribution in [2.24, 2.45) is 23.2 Å². The molecule has 2 amide bonds. The van der Waals surface area contributed by atoms with E-state index < -0.39 is 6.10 Å². The van der Waals surface area contributed by atoms with E-state index in [1.54, 1.807) is 11.8 Å². The highest BCUT2D eigenvalue weighted by molar-refractivity contribution is 6.03. The van der Waals surface area contributed by atoms with Gasteiger partial charge in [0.1, 0.15) is 12.3 Å². The Morgan fingerprint density at radius 3 is 2.46 bits per heavy atom. The van der Waals surface area contributed by atoms with E-state index in [1.807, 2.05) is 24.3 Å². The van der Waals surface area contributed by atoms with Crippen LogP contribution in [0.5, 0.6) is 5.75 Å². The van der Waals surface area contributed by atoms with E-state index in [-0.39, 0.29) is 18.4 Å². The van der Waals surface area contributed by atoms with Gasteiger partial charge in [-0.3, -0.25) is 14.5 Å². The molecule has 150 valence electrons. The molecule has 6 rings (SSSR count). The first-order valence-electron chi connectivity index (χ1n) is 10.9. The number of nitrogens with one attached hydrogen (secondary N) is 1. The Bertz CT molecular complexity index is 755. The average molecular weight is 383 g/mol. The van der Waals surface area contributed by atoms with E-state index in [9.17, 15) is 9.59 Å². The fraction of sp³-hybridized carbons (Fsp3) is 0.652. The number of carbonyl (C=O) groups excluding carboxylic acids is 2. The molecular formula is C23H30N2O3. The van der Waals surface area contributed by atoms with E-state index in [2.05, 4.69) is 5.32 Å². The molecule has 0 radical (unpaired) electrons. The number of carbonyl (C=O) groups is 2. The van der Waals surface area contributed by atoms with E-state index in [0.717, 1.165) is 30.7 Å². The van der Waals surface area contributed by atoms with Gasteiger partial charge in [-0.1, -0.05) is 12.1 Å². The first-order chi connectivity index (χ1) is 13.5. The van der Waals surface area contributed by atoms with Gasteiger partial charge in [-0.2, -0.15) is 0 Å². The normalized spacial score (nSPS) is 35.5. The maximum Gasteiger partial charge on any atom is 0.268 e. The second-order valence-corrected chi connectivity index (χ2v) is 9.67. The summed E-state index contributed by atoms with van der Waals surface area (Å²) in [6.07, 6.45) is 8.96. The van der Waals surface area contributed by atoms with Gasteiger partial charge in [0.05, 0.1) is 5.69 Å². The predicted molar refractivity (Wildman–Crippen MR) is 107 cm³/mol. The molecule has 4 bridgehead atoms.